The topological polar surface area (TPSA) is 34.1 Å². The number of hydrogen-bond donors (Lipinski definition) is 0. The van der Waals surface area contributed by atoms with Crippen molar-refractivity contribution in [1.82, 2.24) is 0 Å². The van der Waals surface area contributed by atoms with E-state index < -0.39 is 0 Å². The molecule has 4 rings (SSSR count). The highest BCUT2D eigenvalue weighted by Crippen LogP contribution is 2.42. The quantitative estimate of drug-likeness (QED) is 0.551. The van der Waals surface area contributed by atoms with E-state index in [0.717, 1.165) is 21.8 Å². The van der Waals surface area contributed by atoms with Crippen LogP contribution >= 0.6 is 31.9 Å². The summed E-state index contributed by atoms with van der Waals surface area (Å²) in [7, 11) is 0. The van der Waals surface area contributed by atoms with E-state index in [2.05, 4.69) is 57.8 Å². The van der Waals surface area contributed by atoms with Gasteiger partial charge < -0.3 is 0 Å². The number of carbonyl (C=O) groups excluding carboxylic acids is 2. The first-order chi connectivity index (χ1) is 12.4. The molecule has 2 nitrogen and oxygen atoms in total. The van der Waals surface area contributed by atoms with Crippen molar-refractivity contribution in [3.05, 3.63) is 67.6 Å². The molecule has 0 saturated heterocycles. The molecule has 0 aromatic heterocycles. The SMILES string of the molecule is CCC1(CC)C(=O)Cc2cc(Br)ccc21.O=C1Cc2ccc(Br)cc2C1. The van der Waals surface area contributed by atoms with Crippen LogP contribution in [0.4, 0.5) is 0 Å². The van der Waals surface area contributed by atoms with Crippen molar-refractivity contribution in [2.45, 2.75) is 51.4 Å². The minimum atomic E-state index is -0.198. The van der Waals surface area contributed by atoms with Gasteiger partial charge in [0.05, 0.1) is 5.41 Å². The van der Waals surface area contributed by atoms with Gasteiger partial charge in [0, 0.05) is 28.2 Å². The molecule has 0 atom stereocenters. The highest BCUT2D eigenvalue weighted by Gasteiger charge is 2.42. The molecular weight excluding hydrogens is 456 g/mol. The molecule has 2 aromatic rings. The van der Waals surface area contributed by atoms with Crippen LogP contribution in [0.2, 0.25) is 0 Å². The summed E-state index contributed by atoms with van der Waals surface area (Å²) < 4.78 is 2.13. The third kappa shape index (κ3) is 3.59. The number of fused-ring (bicyclic) bond motifs is 2. The van der Waals surface area contributed by atoms with Crippen LogP contribution in [0, 0.1) is 0 Å². The lowest BCUT2D eigenvalue weighted by Crippen LogP contribution is -2.30. The van der Waals surface area contributed by atoms with Gasteiger partial charge in [-0.05, 0) is 59.4 Å². The second kappa shape index (κ2) is 7.77. The zero-order chi connectivity index (χ0) is 18.9. The Labute approximate surface area is 171 Å². The Morgan fingerprint density at radius 2 is 1.38 bits per heavy atom. The average molecular weight is 478 g/mol. The van der Waals surface area contributed by atoms with Gasteiger partial charge in [-0.15, -0.1) is 0 Å². The summed E-state index contributed by atoms with van der Waals surface area (Å²) in [6.07, 6.45) is 3.68. The highest BCUT2D eigenvalue weighted by atomic mass is 79.9. The summed E-state index contributed by atoms with van der Waals surface area (Å²) in [6.45, 7) is 4.22. The van der Waals surface area contributed by atoms with Gasteiger partial charge in [-0.1, -0.05) is 57.8 Å². The van der Waals surface area contributed by atoms with Crippen molar-refractivity contribution in [2.24, 2.45) is 0 Å². The second-order valence-corrected chi connectivity index (χ2v) is 8.83. The molecule has 2 aromatic carbocycles. The van der Waals surface area contributed by atoms with E-state index in [1.807, 2.05) is 24.3 Å². The summed E-state index contributed by atoms with van der Waals surface area (Å²) in [4.78, 5) is 23.1. The maximum atomic E-state index is 12.1. The van der Waals surface area contributed by atoms with Crippen LogP contribution in [-0.2, 0) is 34.3 Å². The summed E-state index contributed by atoms with van der Waals surface area (Å²) in [6, 6.07) is 12.3. The van der Waals surface area contributed by atoms with E-state index in [1.165, 1.54) is 22.3 Å². The molecular formula is C22H22Br2O2. The Bertz CT molecular complexity index is 866. The van der Waals surface area contributed by atoms with Crippen LogP contribution in [0.5, 0.6) is 0 Å². The Morgan fingerprint density at radius 1 is 0.808 bits per heavy atom. The molecule has 0 saturated carbocycles. The van der Waals surface area contributed by atoms with Crippen LogP contribution in [0.3, 0.4) is 0 Å². The molecule has 0 N–H and O–H groups in total. The molecule has 0 heterocycles. The summed E-state index contributed by atoms with van der Waals surface area (Å²) in [5.41, 5.74) is 4.64. The standard InChI is InChI=1S/C13H15BrO.C9H7BrO/c1-3-13(4-2)11-6-5-10(14)7-9(11)8-12(13)15;10-8-2-1-6-4-9(11)5-7(6)3-8/h5-7H,3-4,8H2,1-2H3;1-3H,4-5H2. The smallest absolute Gasteiger partial charge is 0.147 e. The zero-order valence-corrected chi connectivity index (χ0v) is 18.2. The molecule has 0 unspecified atom stereocenters. The van der Waals surface area contributed by atoms with Crippen LogP contribution in [0.15, 0.2) is 45.3 Å². The predicted octanol–water partition coefficient (Wildman–Crippen LogP) is 5.75. The average Bonchev–Trinajstić information content (AvgIpc) is 3.10. The fourth-order valence-corrected chi connectivity index (χ4v) is 4.93. The van der Waals surface area contributed by atoms with E-state index in [9.17, 15) is 9.59 Å². The minimum Gasteiger partial charge on any atom is -0.299 e. The van der Waals surface area contributed by atoms with Crippen molar-refractivity contribution in [1.29, 1.82) is 0 Å². The van der Waals surface area contributed by atoms with Gasteiger partial charge in [-0.25, -0.2) is 0 Å². The largest absolute Gasteiger partial charge is 0.299 e. The van der Waals surface area contributed by atoms with Crippen molar-refractivity contribution < 1.29 is 9.59 Å². The van der Waals surface area contributed by atoms with Crippen molar-refractivity contribution in [2.75, 3.05) is 0 Å². The van der Waals surface area contributed by atoms with Crippen LogP contribution < -0.4 is 0 Å². The second-order valence-electron chi connectivity index (χ2n) is 7.00. The Balaban J connectivity index is 0.000000158. The van der Waals surface area contributed by atoms with Crippen LogP contribution in [0.1, 0.15) is 48.9 Å². The zero-order valence-electron chi connectivity index (χ0n) is 15.1. The molecule has 0 radical (unpaired) electrons. The lowest BCUT2D eigenvalue weighted by atomic mass is 9.76. The number of hydrogen-bond acceptors (Lipinski definition) is 2. The van der Waals surface area contributed by atoms with E-state index in [1.54, 1.807) is 0 Å². The first kappa shape index (κ1) is 19.5. The molecule has 0 fully saturated rings. The molecule has 2 aliphatic carbocycles. The molecule has 0 spiro atoms. The number of ketones is 2. The summed E-state index contributed by atoms with van der Waals surface area (Å²) >= 11 is 6.83. The third-order valence-corrected chi connectivity index (χ3v) is 6.60. The van der Waals surface area contributed by atoms with Gasteiger partial charge in [0.2, 0.25) is 0 Å². The van der Waals surface area contributed by atoms with E-state index in [-0.39, 0.29) is 5.41 Å². The number of halogens is 2. The normalized spacial score (nSPS) is 16.8. The molecule has 0 amide bonds. The molecule has 26 heavy (non-hydrogen) atoms. The van der Waals surface area contributed by atoms with Crippen LogP contribution in [0.25, 0.3) is 0 Å². The van der Waals surface area contributed by atoms with Crippen molar-refractivity contribution in [3.63, 3.8) is 0 Å². The number of benzene rings is 2. The van der Waals surface area contributed by atoms with Gasteiger partial charge in [0.1, 0.15) is 11.6 Å². The lowest BCUT2D eigenvalue weighted by Gasteiger charge is -2.25. The van der Waals surface area contributed by atoms with E-state index >= 15 is 0 Å². The van der Waals surface area contributed by atoms with E-state index in [0.29, 0.717) is 30.8 Å². The summed E-state index contributed by atoms with van der Waals surface area (Å²) in [5.74, 6) is 0.721. The molecule has 0 aliphatic heterocycles. The molecule has 2 aliphatic rings. The van der Waals surface area contributed by atoms with Crippen molar-refractivity contribution >= 4 is 43.4 Å². The van der Waals surface area contributed by atoms with Gasteiger partial charge in [-0.2, -0.15) is 0 Å². The predicted molar refractivity (Wildman–Crippen MR) is 112 cm³/mol. The van der Waals surface area contributed by atoms with E-state index in [4.69, 9.17) is 0 Å². The fourth-order valence-electron chi connectivity index (χ4n) is 4.11. The minimum absolute atomic E-state index is 0.198. The number of carbonyl (C=O) groups is 2. The Morgan fingerprint density at radius 3 is 2.04 bits per heavy atom. The fraction of sp³-hybridized carbons (Fsp3) is 0.364. The lowest BCUT2D eigenvalue weighted by molar-refractivity contribution is -0.123. The monoisotopic (exact) mass is 476 g/mol. The molecule has 4 heteroatoms. The molecule has 0 bridgehead atoms. The Hall–Kier alpha value is -1.26. The van der Waals surface area contributed by atoms with Crippen molar-refractivity contribution in [3.8, 4) is 0 Å². The van der Waals surface area contributed by atoms with Gasteiger partial charge in [0.25, 0.3) is 0 Å². The highest BCUT2D eigenvalue weighted by molar-refractivity contribution is 9.10. The summed E-state index contributed by atoms with van der Waals surface area (Å²) in [5, 5.41) is 0. The first-order valence-electron chi connectivity index (χ1n) is 9.00. The number of Topliss-reactive ketones (excluding diaryl/α,β-unsaturated/α-hetero) is 2. The third-order valence-electron chi connectivity index (χ3n) is 5.62. The van der Waals surface area contributed by atoms with Gasteiger partial charge in [-0.3, -0.25) is 9.59 Å². The van der Waals surface area contributed by atoms with Crippen LogP contribution in [-0.4, -0.2) is 11.6 Å². The number of rotatable bonds is 2. The molecule has 136 valence electrons. The maximum Gasteiger partial charge on any atom is 0.147 e. The van der Waals surface area contributed by atoms with Gasteiger partial charge in [0.15, 0.2) is 0 Å². The Kier molecular flexibility index (Phi) is 5.83. The van der Waals surface area contributed by atoms with Gasteiger partial charge >= 0.3 is 0 Å². The maximum absolute atomic E-state index is 12.1. The first-order valence-corrected chi connectivity index (χ1v) is 10.6.